The minimum absolute atomic E-state index is 0.476. The van der Waals surface area contributed by atoms with E-state index in [-0.39, 0.29) is 0 Å². The van der Waals surface area contributed by atoms with Gasteiger partial charge in [0.15, 0.2) is 17.5 Å². The van der Waals surface area contributed by atoms with Crippen LogP contribution < -0.4 is 0 Å². The lowest BCUT2D eigenvalue weighted by Gasteiger charge is -2.10. The molecule has 6 nitrogen and oxygen atoms in total. The fourth-order valence-corrected chi connectivity index (χ4v) is 7.34. The Morgan fingerprint density at radius 2 is 0.927 bits per heavy atom. The molecule has 55 heavy (non-hydrogen) atoms. The Hall–Kier alpha value is -7.93. The van der Waals surface area contributed by atoms with Gasteiger partial charge in [-0.05, 0) is 117 Å². The van der Waals surface area contributed by atoms with Crippen molar-refractivity contribution in [3.63, 3.8) is 0 Å². The minimum atomic E-state index is 0.476. The molecule has 0 aliphatic rings. The van der Waals surface area contributed by atoms with Crippen LogP contribution in [0, 0.1) is 22.7 Å². The highest BCUT2D eigenvalue weighted by atomic mass is 16.3. The second kappa shape index (κ2) is 12.9. The molecule has 254 valence electrons. The van der Waals surface area contributed by atoms with Gasteiger partial charge in [0.2, 0.25) is 0 Å². The van der Waals surface area contributed by atoms with Gasteiger partial charge in [-0.3, -0.25) is 0 Å². The van der Waals surface area contributed by atoms with Crippen LogP contribution in [0.25, 0.3) is 99.9 Å². The molecule has 0 saturated heterocycles. The van der Waals surface area contributed by atoms with E-state index >= 15 is 0 Å². The maximum Gasteiger partial charge on any atom is 0.164 e. The third-order valence-corrected chi connectivity index (χ3v) is 10.2. The first-order valence-corrected chi connectivity index (χ1v) is 17.9. The van der Waals surface area contributed by atoms with Crippen LogP contribution in [0.3, 0.4) is 0 Å². The van der Waals surface area contributed by atoms with Crippen molar-refractivity contribution in [2.45, 2.75) is 0 Å². The summed E-state index contributed by atoms with van der Waals surface area (Å²) >= 11 is 0. The maximum atomic E-state index is 9.39. The molecule has 0 saturated carbocycles. The highest BCUT2D eigenvalue weighted by Crippen LogP contribution is 2.43. The Morgan fingerprint density at radius 3 is 1.58 bits per heavy atom. The van der Waals surface area contributed by atoms with E-state index in [1.54, 1.807) is 24.3 Å². The average molecular weight is 702 g/mol. The first-order chi connectivity index (χ1) is 27.1. The summed E-state index contributed by atoms with van der Waals surface area (Å²) in [6, 6.07) is 59.2. The van der Waals surface area contributed by atoms with Crippen molar-refractivity contribution in [3.8, 4) is 68.6 Å². The number of hydrogen-bond acceptors (Lipinski definition) is 6. The Labute approximate surface area is 315 Å². The molecule has 6 heteroatoms. The summed E-state index contributed by atoms with van der Waals surface area (Å²) in [6.45, 7) is 0. The quantitative estimate of drug-likeness (QED) is 0.177. The van der Waals surface area contributed by atoms with Crippen LogP contribution >= 0.6 is 0 Å². The summed E-state index contributed by atoms with van der Waals surface area (Å²) in [6.07, 6.45) is 0. The molecule has 2 heterocycles. The zero-order chi connectivity index (χ0) is 36.9. The molecule has 0 radical (unpaired) electrons. The van der Waals surface area contributed by atoms with Crippen LogP contribution in [-0.2, 0) is 0 Å². The summed E-state index contributed by atoms with van der Waals surface area (Å²) in [7, 11) is 0. The van der Waals surface area contributed by atoms with Crippen molar-refractivity contribution in [2.24, 2.45) is 0 Å². The third kappa shape index (κ3) is 5.63. The van der Waals surface area contributed by atoms with E-state index in [2.05, 4.69) is 109 Å². The molecule has 0 aliphatic carbocycles. The predicted octanol–water partition coefficient (Wildman–Crippen LogP) is 12.2. The van der Waals surface area contributed by atoms with E-state index in [1.807, 2.05) is 42.5 Å². The van der Waals surface area contributed by atoms with E-state index in [1.165, 1.54) is 16.3 Å². The Morgan fingerprint density at radius 1 is 0.400 bits per heavy atom. The molecule has 10 rings (SSSR count). The van der Waals surface area contributed by atoms with E-state index < -0.39 is 0 Å². The van der Waals surface area contributed by atoms with Gasteiger partial charge in [0.05, 0.1) is 23.3 Å². The van der Waals surface area contributed by atoms with Gasteiger partial charge >= 0.3 is 0 Å². The normalized spacial score (nSPS) is 11.2. The van der Waals surface area contributed by atoms with Gasteiger partial charge in [-0.1, -0.05) is 84.9 Å². The number of rotatable bonds is 5. The van der Waals surface area contributed by atoms with Crippen LogP contribution in [0.2, 0.25) is 0 Å². The summed E-state index contributed by atoms with van der Waals surface area (Å²) in [5.41, 5.74) is 9.48. The van der Waals surface area contributed by atoms with Gasteiger partial charge in [-0.25, -0.2) is 15.0 Å². The molecule has 0 spiro atoms. The highest BCUT2D eigenvalue weighted by Gasteiger charge is 2.19. The molecule has 10 aromatic rings. The number of hydrogen-bond donors (Lipinski definition) is 0. The Kier molecular flexibility index (Phi) is 7.47. The van der Waals surface area contributed by atoms with E-state index in [0.717, 1.165) is 66.1 Å². The second-order valence-electron chi connectivity index (χ2n) is 13.5. The molecule has 2 aromatic heterocycles. The van der Waals surface area contributed by atoms with Crippen molar-refractivity contribution in [3.05, 3.63) is 175 Å². The molecule has 0 aliphatic heterocycles. The molecular weight excluding hydrogens is 675 g/mol. The van der Waals surface area contributed by atoms with Gasteiger partial charge in [-0.2, -0.15) is 10.5 Å². The number of furan rings is 1. The van der Waals surface area contributed by atoms with E-state index in [9.17, 15) is 10.5 Å². The van der Waals surface area contributed by atoms with E-state index in [0.29, 0.717) is 28.6 Å². The van der Waals surface area contributed by atoms with Crippen LogP contribution in [0.5, 0.6) is 0 Å². The lowest BCUT2D eigenvalue weighted by molar-refractivity contribution is 0.673. The van der Waals surface area contributed by atoms with Crippen molar-refractivity contribution in [1.82, 2.24) is 15.0 Å². The van der Waals surface area contributed by atoms with Crippen molar-refractivity contribution in [1.29, 1.82) is 10.5 Å². The fraction of sp³-hybridized carbons (Fsp3) is 0. The number of fused-ring (bicyclic) bond motifs is 6. The lowest BCUT2D eigenvalue weighted by Crippen LogP contribution is -2.00. The Balaban J connectivity index is 1.14. The van der Waals surface area contributed by atoms with E-state index in [4.69, 9.17) is 19.4 Å². The van der Waals surface area contributed by atoms with Crippen LogP contribution in [0.1, 0.15) is 11.1 Å². The standard InChI is InChI=1S/C49H27N5O/c50-28-30-9-13-35(14-10-30)47-52-48(36-15-11-31(29-51)12-16-36)54-49(53-47)40-23-24-44-43(27-40)45-42(26-39-7-3-4-8-41(39)46(45)55-44)34-20-17-33(18-21-34)38-22-19-32-5-1-2-6-37(32)25-38/h1-27H. The highest BCUT2D eigenvalue weighted by molar-refractivity contribution is 6.21. The number of nitriles is 2. The average Bonchev–Trinajstić information content (AvgIpc) is 3.65. The van der Waals surface area contributed by atoms with Crippen LogP contribution in [0.4, 0.5) is 0 Å². The molecular formula is C49H27N5O. The molecule has 0 bridgehead atoms. The zero-order valence-electron chi connectivity index (χ0n) is 29.2. The van der Waals surface area contributed by atoms with Crippen molar-refractivity contribution < 1.29 is 4.42 Å². The molecule has 0 fully saturated rings. The zero-order valence-corrected chi connectivity index (χ0v) is 29.2. The number of benzene rings is 8. The molecule has 8 aromatic carbocycles. The lowest BCUT2D eigenvalue weighted by atomic mass is 9.93. The summed E-state index contributed by atoms with van der Waals surface area (Å²) < 4.78 is 6.68. The predicted molar refractivity (Wildman–Crippen MR) is 219 cm³/mol. The minimum Gasteiger partial charge on any atom is -0.455 e. The molecule has 0 atom stereocenters. The van der Waals surface area contributed by atoms with Crippen LogP contribution in [-0.4, -0.2) is 15.0 Å². The first kappa shape index (κ1) is 31.8. The second-order valence-corrected chi connectivity index (χ2v) is 13.5. The summed E-state index contributed by atoms with van der Waals surface area (Å²) in [5.74, 6) is 1.44. The SMILES string of the molecule is N#Cc1ccc(-c2nc(-c3ccc(C#N)cc3)nc(-c3ccc4oc5c6ccccc6cc(-c6ccc(-c7ccc8ccccc8c7)cc6)c5c4c3)n2)cc1. The van der Waals surface area contributed by atoms with Gasteiger partial charge in [-0.15, -0.1) is 0 Å². The van der Waals surface area contributed by atoms with Crippen LogP contribution in [0.15, 0.2) is 168 Å². The Bertz CT molecular complexity index is 3130. The largest absolute Gasteiger partial charge is 0.455 e. The first-order valence-electron chi connectivity index (χ1n) is 17.9. The molecule has 0 unspecified atom stereocenters. The third-order valence-electron chi connectivity index (χ3n) is 10.2. The van der Waals surface area contributed by atoms with Gasteiger partial charge in [0.25, 0.3) is 0 Å². The topological polar surface area (TPSA) is 99.4 Å². The maximum absolute atomic E-state index is 9.39. The number of nitrogens with zero attached hydrogens (tertiary/aromatic N) is 5. The van der Waals surface area contributed by atoms with Gasteiger partial charge < -0.3 is 4.42 Å². The number of aromatic nitrogens is 3. The summed E-state index contributed by atoms with van der Waals surface area (Å²) in [4.78, 5) is 14.8. The fourth-order valence-electron chi connectivity index (χ4n) is 7.34. The van der Waals surface area contributed by atoms with Crippen molar-refractivity contribution in [2.75, 3.05) is 0 Å². The molecule has 0 amide bonds. The van der Waals surface area contributed by atoms with Gasteiger partial charge in [0.1, 0.15) is 11.2 Å². The van der Waals surface area contributed by atoms with Crippen molar-refractivity contribution >= 4 is 43.5 Å². The summed E-state index contributed by atoms with van der Waals surface area (Å²) in [5, 5.41) is 25.3. The molecule has 0 N–H and O–H groups in total. The smallest absolute Gasteiger partial charge is 0.164 e. The monoisotopic (exact) mass is 701 g/mol. The van der Waals surface area contributed by atoms with Gasteiger partial charge in [0, 0.05) is 32.8 Å².